The monoisotopic (exact) mass is 309 g/mol. The molecule has 0 atom stereocenters. The zero-order valence-electron chi connectivity index (χ0n) is 13.8. The number of nitrogens with two attached hydrogens (primary N) is 1. The number of ether oxygens (including phenoxy) is 1. The molecule has 4 nitrogen and oxygen atoms in total. The van der Waals surface area contributed by atoms with Crippen LogP contribution in [0.1, 0.15) is 50.5 Å². The standard InChI is InChI=1S/C18H31NO3/c1-22-17-11-9-16(10-12-17)8-6-4-2-3-5-7-13-18(19,14-20)15-21/h9-12,20-21H,2-8,13-15,19H2,1H3. The predicted molar refractivity (Wildman–Crippen MR) is 90.1 cm³/mol. The topological polar surface area (TPSA) is 75.7 Å². The SMILES string of the molecule is COc1ccc(CCCCCCCCC(N)(CO)CO)cc1. The summed E-state index contributed by atoms with van der Waals surface area (Å²) in [4.78, 5) is 0. The highest BCUT2D eigenvalue weighted by Gasteiger charge is 2.21. The maximum atomic E-state index is 9.11. The number of hydrogen-bond donors (Lipinski definition) is 3. The van der Waals surface area contributed by atoms with E-state index in [1.54, 1.807) is 7.11 Å². The molecule has 1 aromatic carbocycles. The van der Waals surface area contributed by atoms with E-state index in [4.69, 9.17) is 20.7 Å². The van der Waals surface area contributed by atoms with E-state index >= 15 is 0 Å². The number of rotatable bonds is 12. The van der Waals surface area contributed by atoms with Crippen LogP contribution in [-0.4, -0.2) is 36.1 Å². The molecule has 0 aliphatic heterocycles. The van der Waals surface area contributed by atoms with Crippen LogP contribution < -0.4 is 10.5 Å². The highest BCUT2D eigenvalue weighted by Crippen LogP contribution is 2.16. The fraction of sp³-hybridized carbons (Fsp3) is 0.667. The molecule has 0 saturated carbocycles. The Bertz CT molecular complexity index is 388. The molecule has 0 radical (unpaired) electrons. The number of benzene rings is 1. The molecule has 0 aliphatic rings. The Morgan fingerprint density at radius 3 is 2.00 bits per heavy atom. The maximum Gasteiger partial charge on any atom is 0.118 e. The van der Waals surface area contributed by atoms with Gasteiger partial charge < -0.3 is 20.7 Å². The molecule has 0 aliphatic carbocycles. The summed E-state index contributed by atoms with van der Waals surface area (Å²) in [5, 5.41) is 18.2. The van der Waals surface area contributed by atoms with Crippen molar-refractivity contribution in [1.82, 2.24) is 0 Å². The van der Waals surface area contributed by atoms with Crippen LogP contribution in [0.3, 0.4) is 0 Å². The Morgan fingerprint density at radius 1 is 0.909 bits per heavy atom. The molecule has 4 heteroatoms. The quantitative estimate of drug-likeness (QED) is 0.519. The molecule has 0 unspecified atom stereocenters. The van der Waals surface area contributed by atoms with Crippen molar-refractivity contribution in [3.8, 4) is 5.75 Å². The van der Waals surface area contributed by atoms with Gasteiger partial charge in [-0.25, -0.2) is 0 Å². The van der Waals surface area contributed by atoms with Crippen LogP contribution in [0, 0.1) is 0 Å². The van der Waals surface area contributed by atoms with Crippen LogP contribution in [0.5, 0.6) is 5.75 Å². The molecule has 0 spiro atoms. The van der Waals surface area contributed by atoms with Crippen molar-refractivity contribution in [2.45, 2.75) is 56.9 Å². The summed E-state index contributed by atoms with van der Waals surface area (Å²) in [6.45, 7) is -0.295. The third-order valence-electron chi connectivity index (χ3n) is 4.18. The minimum atomic E-state index is -0.797. The van der Waals surface area contributed by atoms with E-state index in [-0.39, 0.29) is 13.2 Å². The molecular weight excluding hydrogens is 278 g/mol. The maximum absolute atomic E-state index is 9.11. The van der Waals surface area contributed by atoms with Gasteiger partial charge in [0.15, 0.2) is 0 Å². The van der Waals surface area contributed by atoms with E-state index in [1.807, 2.05) is 12.1 Å². The summed E-state index contributed by atoms with van der Waals surface area (Å²) in [7, 11) is 1.69. The summed E-state index contributed by atoms with van der Waals surface area (Å²) in [5.41, 5.74) is 6.40. The van der Waals surface area contributed by atoms with E-state index in [0.717, 1.165) is 25.0 Å². The van der Waals surface area contributed by atoms with Crippen LogP contribution in [0.4, 0.5) is 0 Å². The summed E-state index contributed by atoms with van der Waals surface area (Å²) >= 11 is 0. The Kier molecular flexibility index (Phi) is 9.13. The molecule has 126 valence electrons. The van der Waals surface area contributed by atoms with Gasteiger partial charge >= 0.3 is 0 Å². The van der Waals surface area contributed by atoms with Gasteiger partial charge in [-0.15, -0.1) is 0 Å². The van der Waals surface area contributed by atoms with Crippen molar-refractivity contribution in [3.63, 3.8) is 0 Å². The average Bonchev–Trinajstić information content (AvgIpc) is 2.57. The highest BCUT2D eigenvalue weighted by atomic mass is 16.5. The molecule has 1 rings (SSSR count). The molecule has 0 bridgehead atoms. The molecule has 22 heavy (non-hydrogen) atoms. The largest absolute Gasteiger partial charge is 0.497 e. The normalized spacial score (nSPS) is 11.6. The zero-order chi connectivity index (χ0) is 16.3. The molecule has 0 amide bonds. The van der Waals surface area contributed by atoms with Gasteiger partial charge in [-0.3, -0.25) is 0 Å². The first-order valence-electron chi connectivity index (χ1n) is 8.27. The Hall–Kier alpha value is -1.10. The van der Waals surface area contributed by atoms with Gasteiger partial charge in [-0.1, -0.05) is 44.2 Å². The van der Waals surface area contributed by atoms with Gasteiger partial charge in [-0.05, 0) is 37.0 Å². The van der Waals surface area contributed by atoms with Crippen molar-refractivity contribution < 1.29 is 14.9 Å². The Labute approximate surface area is 134 Å². The van der Waals surface area contributed by atoms with Gasteiger partial charge in [0.2, 0.25) is 0 Å². The van der Waals surface area contributed by atoms with Crippen LogP contribution >= 0.6 is 0 Å². The lowest BCUT2D eigenvalue weighted by Crippen LogP contribution is -2.47. The third kappa shape index (κ3) is 7.25. The van der Waals surface area contributed by atoms with Gasteiger partial charge in [0.1, 0.15) is 5.75 Å². The van der Waals surface area contributed by atoms with Crippen LogP contribution in [-0.2, 0) is 6.42 Å². The van der Waals surface area contributed by atoms with E-state index in [0.29, 0.717) is 6.42 Å². The number of aliphatic hydroxyl groups excluding tert-OH is 2. The van der Waals surface area contributed by atoms with Gasteiger partial charge in [0, 0.05) is 0 Å². The first-order valence-corrected chi connectivity index (χ1v) is 8.27. The van der Waals surface area contributed by atoms with Crippen LogP contribution in [0.2, 0.25) is 0 Å². The van der Waals surface area contributed by atoms with Crippen molar-refractivity contribution in [2.24, 2.45) is 5.73 Å². The van der Waals surface area contributed by atoms with Crippen LogP contribution in [0.15, 0.2) is 24.3 Å². The molecule has 0 aromatic heterocycles. The number of aliphatic hydroxyl groups is 2. The first kappa shape index (κ1) is 18.9. The molecule has 1 aromatic rings. The van der Waals surface area contributed by atoms with Crippen molar-refractivity contribution >= 4 is 0 Å². The summed E-state index contributed by atoms with van der Waals surface area (Å²) in [5.74, 6) is 0.908. The summed E-state index contributed by atoms with van der Waals surface area (Å²) < 4.78 is 5.15. The molecule has 4 N–H and O–H groups in total. The predicted octanol–water partition coefficient (Wildman–Crippen LogP) is 2.65. The minimum Gasteiger partial charge on any atom is -0.497 e. The fourth-order valence-corrected chi connectivity index (χ4v) is 2.51. The molecule has 0 fully saturated rings. The van der Waals surface area contributed by atoms with Gasteiger partial charge in [0.25, 0.3) is 0 Å². The number of methoxy groups -OCH3 is 1. The van der Waals surface area contributed by atoms with E-state index in [2.05, 4.69) is 12.1 Å². The van der Waals surface area contributed by atoms with Gasteiger partial charge in [-0.2, -0.15) is 0 Å². The summed E-state index contributed by atoms with van der Waals surface area (Å²) in [6, 6.07) is 8.28. The van der Waals surface area contributed by atoms with Crippen molar-refractivity contribution in [1.29, 1.82) is 0 Å². The lowest BCUT2D eigenvalue weighted by Gasteiger charge is -2.24. The highest BCUT2D eigenvalue weighted by molar-refractivity contribution is 5.27. The minimum absolute atomic E-state index is 0.147. The molecular formula is C18H31NO3. The number of unbranched alkanes of at least 4 members (excludes halogenated alkanes) is 5. The van der Waals surface area contributed by atoms with E-state index in [9.17, 15) is 0 Å². The summed E-state index contributed by atoms with van der Waals surface area (Å²) in [6.07, 6.45) is 8.75. The Balaban J connectivity index is 2.01. The zero-order valence-corrected chi connectivity index (χ0v) is 13.8. The average molecular weight is 309 g/mol. The lowest BCUT2D eigenvalue weighted by atomic mass is 9.94. The van der Waals surface area contributed by atoms with E-state index in [1.165, 1.54) is 31.2 Å². The Morgan fingerprint density at radius 2 is 1.45 bits per heavy atom. The molecule has 0 saturated heterocycles. The van der Waals surface area contributed by atoms with Gasteiger partial charge in [0.05, 0.1) is 25.9 Å². The molecule has 0 heterocycles. The fourth-order valence-electron chi connectivity index (χ4n) is 2.51. The van der Waals surface area contributed by atoms with Crippen molar-refractivity contribution in [3.05, 3.63) is 29.8 Å². The number of aryl methyl sites for hydroxylation is 1. The second-order valence-corrected chi connectivity index (χ2v) is 6.15. The lowest BCUT2D eigenvalue weighted by molar-refractivity contribution is 0.112. The number of hydrogen-bond acceptors (Lipinski definition) is 4. The third-order valence-corrected chi connectivity index (χ3v) is 4.18. The first-order chi connectivity index (χ1) is 10.6. The van der Waals surface area contributed by atoms with Crippen molar-refractivity contribution in [2.75, 3.05) is 20.3 Å². The second kappa shape index (κ2) is 10.6. The van der Waals surface area contributed by atoms with E-state index < -0.39 is 5.54 Å². The smallest absolute Gasteiger partial charge is 0.118 e. The second-order valence-electron chi connectivity index (χ2n) is 6.15. The van der Waals surface area contributed by atoms with Crippen LogP contribution in [0.25, 0.3) is 0 Å².